The first-order valence-electron chi connectivity index (χ1n) is 8.15. The van der Waals surface area contributed by atoms with E-state index in [1.807, 2.05) is 6.92 Å². The largest absolute Gasteiger partial charge is 0.494 e. The Labute approximate surface area is 130 Å². The third kappa shape index (κ3) is 2.86. The second kappa shape index (κ2) is 6.48. The van der Waals surface area contributed by atoms with Crippen molar-refractivity contribution in [3.8, 4) is 5.75 Å². The van der Waals surface area contributed by atoms with Crippen LogP contribution in [0.3, 0.4) is 0 Å². The number of carbonyl (C=O) groups is 2. The summed E-state index contributed by atoms with van der Waals surface area (Å²) in [6, 6.07) is 6.99. The number of likely N-dealkylation sites (tertiary alicyclic amines) is 1. The Bertz CT molecular complexity index is 550. The van der Waals surface area contributed by atoms with Crippen molar-refractivity contribution >= 4 is 17.5 Å². The number of anilines is 1. The van der Waals surface area contributed by atoms with Gasteiger partial charge in [0.25, 0.3) is 5.91 Å². The van der Waals surface area contributed by atoms with Crippen molar-refractivity contribution in [3.63, 3.8) is 0 Å². The van der Waals surface area contributed by atoms with Crippen LogP contribution in [0, 0.1) is 0 Å². The first kappa shape index (κ1) is 15.0. The lowest BCUT2D eigenvalue weighted by Gasteiger charge is -2.27. The molecular formula is C17H23N2O3+. The fraction of sp³-hybridized carbons (Fsp3) is 0.529. The third-order valence-electron chi connectivity index (χ3n) is 4.54. The molecule has 2 aliphatic rings. The van der Waals surface area contributed by atoms with E-state index < -0.39 is 0 Å². The maximum absolute atomic E-state index is 12.7. The molecule has 5 nitrogen and oxygen atoms in total. The van der Waals surface area contributed by atoms with Gasteiger partial charge in [0.2, 0.25) is 5.91 Å². The molecule has 3 rings (SSSR count). The van der Waals surface area contributed by atoms with Crippen LogP contribution in [-0.2, 0) is 9.59 Å². The number of hydrogen-bond acceptors (Lipinski definition) is 3. The van der Waals surface area contributed by atoms with Gasteiger partial charge >= 0.3 is 0 Å². The molecule has 0 unspecified atom stereocenters. The maximum atomic E-state index is 12.7. The molecule has 1 atom stereocenters. The standard InChI is InChI=1S/C17H22N2O3/c1-2-22-14-8-6-13(7-9-14)19-16(20)12-15(17(19)21)18-10-4-3-5-11-18/h6-9,15H,2-5,10-12H2,1H3/p+1/t15-/m0/s1. The Balaban J connectivity index is 1.76. The zero-order valence-electron chi connectivity index (χ0n) is 13.0. The van der Waals surface area contributed by atoms with Crippen LogP contribution in [0.4, 0.5) is 5.69 Å². The fourth-order valence-corrected chi connectivity index (χ4v) is 3.43. The summed E-state index contributed by atoms with van der Waals surface area (Å²) in [5.41, 5.74) is 0.650. The van der Waals surface area contributed by atoms with E-state index in [1.165, 1.54) is 16.2 Å². The van der Waals surface area contributed by atoms with Gasteiger partial charge in [-0.15, -0.1) is 0 Å². The summed E-state index contributed by atoms with van der Waals surface area (Å²) < 4.78 is 5.40. The van der Waals surface area contributed by atoms with Crippen LogP contribution in [0.15, 0.2) is 24.3 Å². The molecular weight excluding hydrogens is 280 g/mol. The SMILES string of the molecule is CCOc1ccc(N2C(=O)C[C@H]([NH+]3CCCCC3)C2=O)cc1. The van der Waals surface area contributed by atoms with E-state index in [2.05, 4.69) is 0 Å². The highest BCUT2D eigenvalue weighted by Gasteiger charge is 2.45. The Morgan fingerprint density at radius 1 is 1.14 bits per heavy atom. The summed E-state index contributed by atoms with van der Waals surface area (Å²) in [5.74, 6) is 0.617. The van der Waals surface area contributed by atoms with Gasteiger partial charge in [-0.2, -0.15) is 0 Å². The topological polar surface area (TPSA) is 51.0 Å². The highest BCUT2D eigenvalue weighted by Crippen LogP contribution is 2.24. The number of nitrogens with zero attached hydrogens (tertiary/aromatic N) is 1. The van der Waals surface area contributed by atoms with Crippen molar-refractivity contribution in [2.45, 2.75) is 38.6 Å². The summed E-state index contributed by atoms with van der Waals surface area (Å²) in [5, 5.41) is 0. The van der Waals surface area contributed by atoms with E-state index in [0.29, 0.717) is 18.7 Å². The number of hydrogen-bond donors (Lipinski definition) is 1. The van der Waals surface area contributed by atoms with E-state index in [9.17, 15) is 9.59 Å². The normalized spacial score (nSPS) is 23.1. The summed E-state index contributed by atoms with van der Waals surface area (Å²) in [4.78, 5) is 27.6. The predicted octanol–water partition coefficient (Wildman–Crippen LogP) is 0.786. The van der Waals surface area contributed by atoms with E-state index >= 15 is 0 Å². The number of benzene rings is 1. The molecule has 0 spiro atoms. The van der Waals surface area contributed by atoms with Crippen molar-refractivity contribution in [2.75, 3.05) is 24.6 Å². The summed E-state index contributed by atoms with van der Waals surface area (Å²) in [6.07, 6.45) is 3.87. The molecule has 1 aromatic rings. The molecule has 22 heavy (non-hydrogen) atoms. The minimum absolute atomic E-state index is 0.0499. The average molecular weight is 303 g/mol. The molecule has 2 fully saturated rings. The molecule has 2 heterocycles. The molecule has 2 aliphatic heterocycles. The van der Waals surface area contributed by atoms with Gasteiger partial charge in [-0.05, 0) is 50.5 Å². The first-order valence-corrected chi connectivity index (χ1v) is 8.15. The Morgan fingerprint density at radius 2 is 1.82 bits per heavy atom. The minimum atomic E-state index is -0.195. The van der Waals surface area contributed by atoms with Gasteiger partial charge in [0.05, 0.1) is 31.8 Å². The highest BCUT2D eigenvalue weighted by molar-refractivity contribution is 6.21. The molecule has 0 aromatic heterocycles. The van der Waals surface area contributed by atoms with Gasteiger partial charge in [-0.1, -0.05) is 0 Å². The molecule has 0 radical (unpaired) electrons. The Hall–Kier alpha value is -1.88. The molecule has 118 valence electrons. The van der Waals surface area contributed by atoms with Crippen LogP contribution in [0.25, 0.3) is 0 Å². The number of quaternary nitrogens is 1. The van der Waals surface area contributed by atoms with E-state index in [1.54, 1.807) is 24.3 Å². The molecule has 2 saturated heterocycles. The van der Waals surface area contributed by atoms with E-state index in [-0.39, 0.29) is 17.9 Å². The monoisotopic (exact) mass is 303 g/mol. The number of ether oxygens (including phenoxy) is 1. The molecule has 1 aromatic carbocycles. The van der Waals surface area contributed by atoms with E-state index in [4.69, 9.17) is 4.74 Å². The molecule has 5 heteroatoms. The van der Waals surface area contributed by atoms with Crippen molar-refractivity contribution in [1.82, 2.24) is 0 Å². The highest BCUT2D eigenvalue weighted by atomic mass is 16.5. The second-order valence-corrected chi connectivity index (χ2v) is 5.97. The van der Waals surface area contributed by atoms with Crippen LogP contribution in [-0.4, -0.2) is 37.6 Å². The number of amides is 2. The van der Waals surface area contributed by atoms with Crippen LogP contribution < -0.4 is 14.5 Å². The third-order valence-corrected chi connectivity index (χ3v) is 4.54. The summed E-state index contributed by atoms with van der Waals surface area (Å²) in [6.45, 7) is 4.52. The molecule has 0 bridgehead atoms. The number of rotatable bonds is 4. The van der Waals surface area contributed by atoms with Gasteiger partial charge in [-0.3, -0.25) is 9.59 Å². The average Bonchev–Trinajstić information content (AvgIpc) is 2.84. The lowest BCUT2D eigenvalue weighted by Crippen LogP contribution is -3.17. The Kier molecular flexibility index (Phi) is 4.43. The van der Waals surface area contributed by atoms with Gasteiger partial charge in [0, 0.05) is 0 Å². The lowest BCUT2D eigenvalue weighted by atomic mass is 10.1. The first-order chi connectivity index (χ1) is 10.7. The number of piperidine rings is 1. The van der Waals surface area contributed by atoms with E-state index in [0.717, 1.165) is 31.7 Å². The molecule has 0 aliphatic carbocycles. The molecule has 0 saturated carbocycles. The zero-order chi connectivity index (χ0) is 15.5. The van der Waals surface area contributed by atoms with Gasteiger partial charge < -0.3 is 9.64 Å². The lowest BCUT2D eigenvalue weighted by molar-refractivity contribution is -0.919. The number of imide groups is 1. The minimum Gasteiger partial charge on any atom is -0.494 e. The van der Waals surface area contributed by atoms with Gasteiger partial charge in [0.15, 0.2) is 6.04 Å². The van der Waals surface area contributed by atoms with Gasteiger partial charge in [-0.25, -0.2) is 4.90 Å². The van der Waals surface area contributed by atoms with Crippen molar-refractivity contribution in [1.29, 1.82) is 0 Å². The molecule has 2 amide bonds. The smallest absolute Gasteiger partial charge is 0.292 e. The van der Waals surface area contributed by atoms with Crippen LogP contribution >= 0.6 is 0 Å². The summed E-state index contributed by atoms with van der Waals surface area (Å²) >= 11 is 0. The zero-order valence-corrected chi connectivity index (χ0v) is 13.0. The molecule has 1 N–H and O–H groups in total. The quantitative estimate of drug-likeness (QED) is 0.837. The number of nitrogens with one attached hydrogen (secondary N) is 1. The maximum Gasteiger partial charge on any atom is 0.292 e. The number of carbonyl (C=O) groups excluding carboxylic acids is 2. The second-order valence-electron chi connectivity index (χ2n) is 5.97. The fourth-order valence-electron chi connectivity index (χ4n) is 3.43. The predicted molar refractivity (Wildman–Crippen MR) is 83.1 cm³/mol. The van der Waals surface area contributed by atoms with Crippen molar-refractivity contribution in [3.05, 3.63) is 24.3 Å². The summed E-state index contributed by atoms with van der Waals surface area (Å²) in [7, 11) is 0. The van der Waals surface area contributed by atoms with Crippen LogP contribution in [0.2, 0.25) is 0 Å². The Morgan fingerprint density at radius 3 is 2.45 bits per heavy atom. The van der Waals surface area contributed by atoms with Crippen LogP contribution in [0.5, 0.6) is 5.75 Å². The van der Waals surface area contributed by atoms with Gasteiger partial charge in [0.1, 0.15) is 5.75 Å². The van der Waals surface area contributed by atoms with Crippen molar-refractivity contribution in [2.24, 2.45) is 0 Å². The van der Waals surface area contributed by atoms with Crippen molar-refractivity contribution < 1.29 is 19.2 Å². The van der Waals surface area contributed by atoms with Crippen LogP contribution in [0.1, 0.15) is 32.6 Å².